The second-order valence-corrected chi connectivity index (χ2v) is 5.42. The summed E-state index contributed by atoms with van der Waals surface area (Å²) in [7, 11) is 0. The van der Waals surface area contributed by atoms with Crippen molar-refractivity contribution in [2.75, 3.05) is 11.2 Å². The molecular formula is C13H10F6N4O2S. The van der Waals surface area contributed by atoms with Crippen molar-refractivity contribution in [2.24, 2.45) is 5.10 Å². The number of thiazole rings is 1. The average Bonchev–Trinajstić information content (AvgIpc) is 2.92. The predicted octanol–water partition coefficient (Wildman–Crippen LogP) is 3.97. The third-order valence-corrected chi connectivity index (χ3v) is 3.30. The van der Waals surface area contributed by atoms with Gasteiger partial charge in [0.2, 0.25) is 5.13 Å². The molecule has 1 unspecified atom stereocenters. The van der Waals surface area contributed by atoms with Crippen molar-refractivity contribution >= 4 is 28.5 Å². The van der Waals surface area contributed by atoms with E-state index in [1.807, 2.05) is 0 Å². The van der Waals surface area contributed by atoms with Crippen LogP contribution in [0.15, 0.2) is 34.7 Å². The van der Waals surface area contributed by atoms with Crippen LogP contribution in [0.2, 0.25) is 0 Å². The molecular weight excluding hydrogens is 390 g/mol. The Balaban J connectivity index is 1.93. The minimum absolute atomic E-state index is 0.316. The Morgan fingerprint density at radius 1 is 1.19 bits per heavy atom. The number of hydrogen-bond donors (Lipinski definition) is 2. The van der Waals surface area contributed by atoms with Gasteiger partial charge in [0, 0.05) is 5.38 Å². The SMILES string of the molecule is Nc1csc(NN=Cc2ccc(OC(F)(F)C(F)OC(F)(F)F)cc2)n1. The number of aromatic nitrogens is 1. The van der Waals surface area contributed by atoms with Crippen LogP contribution in [0.25, 0.3) is 0 Å². The number of nitrogens with one attached hydrogen (secondary N) is 1. The Morgan fingerprint density at radius 2 is 1.85 bits per heavy atom. The van der Waals surface area contributed by atoms with E-state index in [-0.39, 0.29) is 0 Å². The summed E-state index contributed by atoms with van der Waals surface area (Å²) < 4.78 is 81.3. The summed E-state index contributed by atoms with van der Waals surface area (Å²) in [6.45, 7) is 0. The fourth-order valence-electron chi connectivity index (χ4n) is 1.51. The quantitative estimate of drug-likeness (QED) is 0.418. The lowest BCUT2D eigenvalue weighted by Crippen LogP contribution is -2.41. The Labute approximate surface area is 146 Å². The highest BCUT2D eigenvalue weighted by molar-refractivity contribution is 7.14. The van der Waals surface area contributed by atoms with E-state index in [1.54, 1.807) is 5.38 Å². The van der Waals surface area contributed by atoms with Gasteiger partial charge in [0.1, 0.15) is 11.6 Å². The van der Waals surface area contributed by atoms with Gasteiger partial charge < -0.3 is 10.5 Å². The maximum absolute atomic E-state index is 13.3. The monoisotopic (exact) mass is 400 g/mol. The van der Waals surface area contributed by atoms with Crippen molar-refractivity contribution in [2.45, 2.75) is 18.8 Å². The molecule has 6 nitrogen and oxygen atoms in total. The summed E-state index contributed by atoms with van der Waals surface area (Å²) >= 11 is 1.21. The molecule has 0 aliphatic rings. The molecule has 0 fully saturated rings. The normalized spacial score (nSPS) is 13.8. The van der Waals surface area contributed by atoms with Gasteiger partial charge in [-0.2, -0.15) is 13.9 Å². The zero-order valence-corrected chi connectivity index (χ0v) is 13.3. The summed E-state index contributed by atoms with van der Waals surface area (Å²) in [4.78, 5) is 3.88. The number of hydrazone groups is 1. The third-order valence-electron chi connectivity index (χ3n) is 2.53. The molecule has 0 aliphatic carbocycles. The van der Waals surface area contributed by atoms with Crippen molar-refractivity contribution in [3.05, 3.63) is 35.2 Å². The number of benzene rings is 1. The summed E-state index contributed by atoms with van der Waals surface area (Å²) in [5.74, 6) is -0.253. The van der Waals surface area contributed by atoms with E-state index < -0.39 is 24.6 Å². The molecule has 1 aromatic carbocycles. The summed E-state index contributed by atoms with van der Waals surface area (Å²) in [5, 5.41) is 5.84. The van der Waals surface area contributed by atoms with Gasteiger partial charge in [0.25, 0.3) is 0 Å². The van der Waals surface area contributed by atoms with Gasteiger partial charge in [0.15, 0.2) is 0 Å². The average molecular weight is 400 g/mol. The maximum Gasteiger partial charge on any atom is 0.525 e. The Morgan fingerprint density at radius 3 is 2.38 bits per heavy atom. The standard InChI is InChI=1S/C13H10F6N4O2S/c14-10(25-13(17,18)19)12(15,16)24-8-3-1-7(2-4-8)5-21-23-11-22-9(20)6-26-11/h1-6,10H,20H2,(H,22,23). The van der Waals surface area contributed by atoms with Gasteiger partial charge in [-0.15, -0.1) is 24.5 Å². The molecule has 2 rings (SSSR count). The van der Waals surface area contributed by atoms with Gasteiger partial charge in [-0.3, -0.25) is 5.43 Å². The van der Waals surface area contributed by atoms with Crippen LogP contribution in [0.4, 0.5) is 37.3 Å². The Hall–Kier alpha value is -2.54. The number of rotatable bonds is 7. The molecule has 1 aromatic heterocycles. The van der Waals surface area contributed by atoms with E-state index in [9.17, 15) is 26.3 Å². The Kier molecular flexibility index (Phi) is 5.92. The second kappa shape index (κ2) is 7.78. The molecule has 0 saturated carbocycles. The van der Waals surface area contributed by atoms with Crippen LogP contribution in [0.1, 0.15) is 5.56 Å². The second-order valence-electron chi connectivity index (χ2n) is 4.56. The molecule has 3 N–H and O–H groups in total. The number of nitrogens with zero attached hydrogens (tertiary/aromatic N) is 2. The lowest BCUT2D eigenvalue weighted by molar-refractivity contribution is -0.411. The highest BCUT2D eigenvalue weighted by Gasteiger charge is 2.50. The van der Waals surface area contributed by atoms with E-state index in [4.69, 9.17) is 5.73 Å². The number of ether oxygens (including phenoxy) is 2. The Bertz CT molecular complexity index is 750. The van der Waals surface area contributed by atoms with Crippen molar-refractivity contribution in [3.63, 3.8) is 0 Å². The van der Waals surface area contributed by atoms with Gasteiger partial charge in [-0.25, -0.2) is 14.1 Å². The lowest BCUT2D eigenvalue weighted by atomic mass is 10.2. The molecule has 0 saturated heterocycles. The summed E-state index contributed by atoms with van der Waals surface area (Å²) in [5.41, 5.74) is 8.43. The van der Waals surface area contributed by atoms with Gasteiger partial charge in [-0.1, -0.05) is 0 Å². The van der Waals surface area contributed by atoms with Crippen LogP contribution < -0.4 is 15.9 Å². The van der Waals surface area contributed by atoms with E-state index in [1.165, 1.54) is 29.7 Å². The van der Waals surface area contributed by atoms with Crippen LogP contribution in [0, 0.1) is 0 Å². The summed E-state index contributed by atoms with van der Waals surface area (Å²) in [6.07, 6.45) is -13.1. The number of nitrogens with two attached hydrogens (primary N) is 1. The first kappa shape index (κ1) is 19.8. The van der Waals surface area contributed by atoms with Gasteiger partial charge in [-0.05, 0) is 29.8 Å². The highest BCUT2D eigenvalue weighted by Crippen LogP contribution is 2.31. The first-order valence-corrected chi connectivity index (χ1v) is 7.49. The molecule has 0 bridgehead atoms. The first-order valence-electron chi connectivity index (χ1n) is 6.61. The highest BCUT2D eigenvalue weighted by atomic mass is 32.1. The number of halogens is 6. The fourth-order valence-corrected chi connectivity index (χ4v) is 2.06. The largest absolute Gasteiger partial charge is 0.525 e. The molecule has 0 spiro atoms. The number of alkyl halides is 6. The van der Waals surface area contributed by atoms with Crippen LogP contribution in [0.5, 0.6) is 5.75 Å². The molecule has 0 aliphatic heterocycles. The zero-order chi connectivity index (χ0) is 19.4. The molecule has 0 amide bonds. The molecule has 13 heteroatoms. The van der Waals surface area contributed by atoms with Crippen LogP contribution in [-0.4, -0.2) is 30.0 Å². The molecule has 1 atom stereocenters. The van der Waals surface area contributed by atoms with Crippen LogP contribution in [-0.2, 0) is 4.74 Å². The first-order chi connectivity index (χ1) is 12.0. The predicted molar refractivity (Wildman–Crippen MR) is 81.8 cm³/mol. The summed E-state index contributed by atoms with van der Waals surface area (Å²) in [6, 6.07) is 4.53. The zero-order valence-electron chi connectivity index (χ0n) is 12.5. The topological polar surface area (TPSA) is 81.8 Å². The minimum Gasteiger partial charge on any atom is -0.429 e. The van der Waals surface area contributed by atoms with Crippen LogP contribution >= 0.6 is 11.3 Å². The molecule has 0 radical (unpaired) electrons. The smallest absolute Gasteiger partial charge is 0.429 e. The lowest BCUT2D eigenvalue weighted by Gasteiger charge is -2.22. The van der Waals surface area contributed by atoms with E-state index in [2.05, 4.69) is 25.0 Å². The van der Waals surface area contributed by atoms with E-state index in [0.717, 1.165) is 12.1 Å². The molecule has 1 heterocycles. The van der Waals surface area contributed by atoms with Crippen molar-refractivity contribution < 1.29 is 35.8 Å². The van der Waals surface area contributed by atoms with Crippen molar-refractivity contribution in [3.8, 4) is 5.75 Å². The number of anilines is 2. The van der Waals surface area contributed by atoms with Crippen molar-refractivity contribution in [1.82, 2.24) is 4.98 Å². The van der Waals surface area contributed by atoms with Crippen LogP contribution in [0.3, 0.4) is 0 Å². The minimum atomic E-state index is -5.57. The molecule has 142 valence electrons. The number of nitrogen functional groups attached to an aromatic ring is 1. The molecule has 26 heavy (non-hydrogen) atoms. The fraction of sp³-hybridized carbons (Fsp3) is 0.231. The molecule has 2 aromatic rings. The van der Waals surface area contributed by atoms with Gasteiger partial charge >= 0.3 is 18.8 Å². The van der Waals surface area contributed by atoms with E-state index in [0.29, 0.717) is 16.5 Å². The third kappa shape index (κ3) is 6.07. The van der Waals surface area contributed by atoms with E-state index >= 15 is 0 Å². The maximum atomic E-state index is 13.3. The van der Waals surface area contributed by atoms with Gasteiger partial charge in [0.05, 0.1) is 6.21 Å². The van der Waals surface area contributed by atoms with Crippen molar-refractivity contribution in [1.29, 1.82) is 0 Å². The number of hydrogen-bond acceptors (Lipinski definition) is 7.